The molecule has 5 N–H and O–H groups in total. The van der Waals surface area contributed by atoms with E-state index in [0.717, 1.165) is 11.1 Å². The van der Waals surface area contributed by atoms with Gasteiger partial charge >= 0.3 is 0 Å². The molecule has 0 unspecified atom stereocenters. The van der Waals surface area contributed by atoms with Crippen LogP contribution < -0.4 is 10.9 Å². The van der Waals surface area contributed by atoms with E-state index in [9.17, 15) is 26.4 Å². The van der Waals surface area contributed by atoms with Gasteiger partial charge in [0.05, 0.1) is 9.79 Å². The maximum Gasteiger partial charge on any atom is 0.294 e. The number of carbonyl (C=O) groups excluding carboxylic acids is 1. The van der Waals surface area contributed by atoms with Gasteiger partial charge in [-0.3, -0.25) is 29.0 Å². The van der Waals surface area contributed by atoms with Crippen molar-refractivity contribution in [2.24, 2.45) is 0 Å². The van der Waals surface area contributed by atoms with Gasteiger partial charge in [-0.2, -0.15) is 21.8 Å². The quantitative estimate of drug-likeness (QED) is 0.217. The summed E-state index contributed by atoms with van der Waals surface area (Å²) in [5.41, 5.74) is 1.61. The highest BCUT2D eigenvalue weighted by Crippen LogP contribution is 2.09. The largest absolute Gasteiger partial charge is 0.384 e. The van der Waals surface area contributed by atoms with Crippen molar-refractivity contribution in [1.29, 1.82) is 0 Å². The summed E-state index contributed by atoms with van der Waals surface area (Å²) in [6.45, 7) is 4.98. The SMILES string of the molecule is C[C@H](O)C(=O)Nc1nc2nccnc2c(=O)[nH]1.Cc1ccc(S(=O)(=O)O)cc1.Cc1ccc(S(=O)(=O)O)cc1. The molecule has 0 aliphatic rings. The number of aryl methyl sites for hydroxylation is 2. The van der Waals surface area contributed by atoms with Crippen LogP contribution >= 0.6 is 0 Å². The third-order valence-corrected chi connectivity index (χ3v) is 6.34. The van der Waals surface area contributed by atoms with Gasteiger partial charge in [0.1, 0.15) is 6.10 Å². The van der Waals surface area contributed by atoms with Crippen LogP contribution in [0.2, 0.25) is 0 Å². The fourth-order valence-corrected chi connectivity index (χ4v) is 3.53. The number of nitrogens with zero attached hydrogens (tertiary/aromatic N) is 3. The van der Waals surface area contributed by atoms with Crippen molar-refractivity contribution in [1.82, 2.24) is 19.9 Å². The average Bonchev–Trinajstić information content (AvgIpc) is 2.84. The molecule has 208 valence electrons. The molecule has 0 saturated carbocycles. The fraction of sp³-hybridized carbons (Fsp3) is 0.174. The number of amides is 1. The Morgan fingerprint density at radius 3 is 1.69 bits per heavy atom. The molecule has 0 aliphatic carbocycles. The first kappa shape index (κ1) is 31.1. The number of aromatic nitrogens is 4. The predicted molar refractivity (Wildman–Crippen MR) is 140 cm³/mol. The molecule has 0 fully saturated rings. The lowest BCUT2D eigenvalue weighted by atomic mass is 10.2. The Labute approximate surface area is 223 Å². The molecule has 0 spiro atoms. The standard InChI is InChI=1S/C9H9N5O3.2C7H8O3S/c1-4(15)7(16)13-9-12-6-5(8(17)14-9)10-2-3-11-6;2*1-6-2-4-7(5-3-6)11(8,9)10/h2-4,15H,1H3,(H2,11,12,13,14,16,17);2*2-5H,1H3,(H,8,9,10)/t4-;;/m0../s1. The van der Waals surface area contributed by atoms with Crippen molar-refractivity contribution in [3.05, 3.63) is 82.4 Å². The first-order valence-corrected chi connectivity index (χ1v) is 13.7. The van der Waals surface area contributed by atoms with Crippen molar-refractivity contribution in [2.45, 2.75) is 36.7 Å². The molecule has 0 bridgehead atoms. The monoisotopic (exact) mass is 579 g/mol. The Balaban J connectivity index is 0.000000214. The van der Waals surface area contributed by atoms with E-state index in [1.807, 2.05) is 13.8 Å². The highest BCUT2D eigenvalue weighted by Gasteiger charge is 2.12. The zero-order chi connectivity index (χ0) is 29.4. The van der Waals surface area contributed by atoms with Gasteiger partial charge < -0.3 is 5.11 Å². The van der Waals surface area contributed by atoms with E-state index in [1.165, 1.54) is 43.6 Å². The lowest BCUT2D eigenvalue weighted by molar-refractivity contribution is -0.123. The Morgan fingerprint density at radius 1 is 0.846 bits per heavy atom. The number of aliphatic hydroxyl groups is 1. The van der Waals surface area contributed by atoms with Crippen LogP contribution in [0.25, 0.3) is 11.2 Å². The number of aliphatic hydroxyl groups excluding tert-OH is 1. The molecular formula is C23H25N5O9S2. The first-order chi connectivity index (χ1) is 18.1. The summed E-state index contributed by atoms with van der Waals surface area (Å²) in [7, 11) is -8.04. The Bertz CT molecular complexity index is 1630. The molecule has 2 heterocycles. The minimum atomic E-state index is -4.02. The number of hydrogen-bond donors (Lipinski definition) is 5. The molecule has 39 heavy (non-hydrogen) atoms. The zero-order valence-corrected chi connectivity index (χ0v) is 22.4. The summed E-state index contributed by atoms with van der Waals surface area (Å²) < 4.78 is 59.1. The van der Waals surface area contributed by atoms with Crippen LogP contribution in [0.15, 0.2) is 75.5 Å². The average molecular weight is 580 g/mol. The summed E-state index contributed by atoms with van der Waals surface area (Å²) in [6, 6.07) is 12.0. The van der Waals surface area contributed by atoms with Crippen LogP contribution in [0.4, 0.5) is 5.95 Å². The summed E-state index contributed by atoms with van der Waals surface area (Å²) in [4.78, 5) is 36.5. The van der Waals surface area contributed by atoms with Crippen molar-refractivity contribution in [2.75, 3.05) is 5.32 Å². The molecule has 14 nitrogen and oxygen atoms in total. The van der Waals surface area contributed by atoms with Crippen LogP contribution in [0.1, 0.15) is 18.1 Å². The Hall–Kier alpha value is -4.09. The molecule has 1 atom stereocenters. The highest BCUT2D eigenvalue weighted by molar-refractivity contribution is 7.86. The topological polar surface area (TPSA) is 230 Å². The molecule has 16 heteroatoms. The Kier molecular flexibility index (Phi) is 10.5. The van der Waals surface area contributed by atoms with Gasteiger partial charge in [0.25, 0.3) is 31.7 Å². The minimum absolute atomic E-state index is 0.0666. The summed E-state index contributed by atoms with van der Waals surface area (Å²) >= 11 is 0. The Morgan fingerprint density at radius 2 is 1.28 bits per heavy atom. The second kappa shape index (κ2) is 13.1. The molecular weight excluding hydrogens is 554 g/mol. The van der Waals surface area contributed by atoms with E-state index in [0.29, 0.717) is 0 Å². The van der Waals surface area contributed by atoms with E-state index in [-0.39, 0.29) is 26.9 Å². The third-order valence-electron chi connectivity index (χ3n) is 4.60. The third kappa shape index (κ3) is 9.95. The van der Waals surface area contributed by atoms with Crippen LogP contribution in [-0.4, -0.2) is 63.0 Å². The van der Waals surface area contributed by atoms with E-state index in [2.05, 4.69) is 25.3 Å². The number of aromatic amines is 1. The van der Waals surface area contributed by atoms with Gasteiger partial charge in [-0.05, 0) is 45.0 Å². The van der Waals surface area contributed by atoms with Crippen LogP contribution in [0, 0.1) is 13.8 Å². The second-order valence-electron chi connectivity index (χ2n) is 7.88. The zero-order valence-electron chi connectivity index (χ0n) is 20.8. The highest BCUT2D eigenvalue weighted by atomic mass is 32.2. The van der Waals surface area contributed by atoms with Gasteiger partial charge in [0.2, 0.25) is 5.95 Å². The molecule has 0 aliphatic heterocycles. The maximum absolute atomic E-state index is 11.5. The molecule has 1 amide bonds. The minimum Gasteiger partial charge on any atom is -0.384 e. The number of benzene rings is 2. The lowest BCUT2D eigenvalue weighted by Gasteiger charge is -2.05. The van der Waals surface area contributed by atoms with Crippen molar-refractivity contribution in [3.63, 3.8) is 0 Å². The number of H-pyrrole nitrogens is 1. The van der Waals surface area contributed by atoms with Gasteiger partial charge in [-0.25, -0.2) is 9.97 Å². The summed E-state index contributed by atoms with van der Waals surface area (Å²) in [6.07, 6.45) is 1.56. The first-order valence-electron chi connectivity index (χ1n) is 10.9. The van der Waals surface area contributed by atoms with Gasteiger partial charge in [-0.1, -0.05) is 35.4 Å². The number of rotatable bonds is 4. The number of nitrogens with one attached hydrogen (secondary N) is 2. The fourth-order valence-electron chi connectivity index (χ4n) is 2.57. The van der Waals surface area contributed by atoms with Crippen molar-refractivity contribution >= 4 is 43.3 Å². The van der Waals surface area contributed by atoms with Crippen LogP contribution in [0.3, 0.4) is 0 Å². The van der Waals surface area contributed by atoms with E-state index in [1.54, 1.807) is 24.3 Å². The van der Waals surface area contributed by atoms with E-state index in [4.69, 9.17) is 14.2 Å². The lowest BCUT2D eigenvalue weighted by Crippen LogP contribution is -2.27. The molecule has 2 aromatic carbocycles. The summed E-state index contributed by atoms with van der Waals surface area (Å²) in [5.74, 6) is -0.745. The maximum atomic E-state index is 11.5. The molecule has 4 aromatic rings. The van der Waals surface area contributed by atoms with Crippen molar-refractivity contribution < 1.29 is 35.8 Å². The van der Waals surface area contributed by atoms with Gasteiger partial charge in [0.15, 0.2) is 11.2 Å². The smallest absolute Gasteiger partial charge is 0.294 e. The molecule has 4 rings (SSSR count). The van der Waals surface area contributed by atoms with Crippen LogP contribution in [0.5, 0.6) is 0 Å². The number of hydrogen-bond acceptors (Lipinski definition) is 10. The number of anilines is 1. The van der Waals surface area contributed by atoms with E-state index < -0.39 is 37.8 Å². The number of fused-ring (bicyclic) bond motifs is 1. The molecule has 2 aromatic heterocycles. The molecule has 0 saturated heterocycles. The predicted octanol–water partition coefficient (Wildman–Crippen LogP) is 1.52. The summed E-state index contributed by atoms with van der Waals surface area (Å²) in [5, 5.41) is 11.3. The normalized spacial score (nSPS) is 11.8. The second-order valence-corrected chi connectivity index (χ2v) is 10.7. The van der Waals surface area contributed by atoms with Crippen LogP contribution in [-0.2, 0) is 25.0 Å². The van der Waals surface area contributed by atoms with Gasteiger partial charge in [-0.15, -0.1) is 0 Å². The number of carbonyl (C=O) groups is 1. The van der Waals surface area contributed by atoms with E-state index >= 15 is 0 Å². The van der Waals surface area contributed by atoms with Gasteiger partial charge in [0, 0.05) is 12.4 Å². The molecule has 0 radical (unpaired) electrons. The van der Waals surface area contributed by atoms with Crippen molar-refractivity contribution in [3.8, 4) is 0 Å².